The van der Waals surface area contributed by atoms with E-state index in [2.05, 4.69) is 98.7 Å². The van der Waals surface area contributed by atoms with E-state index in [1.807, 2.05) is 333 Å². The standard InChI is InChI=1S/C11H22O4.C10H20N2O.2C10H19NO.C10H21NO.C9H19NO.C9H16O3.C9H18O.C7H14O.3C3H8.9C2H6.CH4/c1-11(2,3)10(12)9-15-8-7-14-6-5-13-4;1-10(2,3)9(13)12-7-5-11(4)6-8-12;2*1-8-5-6-11(7-8)9(12)10(2,3)4;1-5-6-7-8-11-9(12)10(2,3)4;1-5-6-7-10-8(11)9(2,3)4;1-9(2,3)8(10)12-7-4-5-11-6-7;1-5-6-7-8(10)9(2,3)4;1-5-6(8)7(2,3)4;3*1-3-2;9*1-2;/h5-9H2,1-4H3;5-8H2,1-4H3;2*8H,5-7H2,1-4H3;5-8H2,1-4H3,(H,11,12);5-7H2,1-4H3,(H,10,11);7H,4-6H2,1-3H3;5-7H2,1-4H3;5H2,1-4H3;3*3H2,1-2H3;9*1-2H3;1H4/t;;2*8-;;;;;;;;;;;;;;;;;;/m..10................../s1. The third-order valence-electron chi connectivity index (χ3n) is 16.8. The van der Waals surface area contributed by atoms with Crippen molar-refractivity contribution in [2.75, 3.05) is 126 Å². The Balaban J connectivity index is -0.0000000677. The first-order valence-corrected chi connectivity index (χ1v) is 53.0. The van der Waals surface area contributed by atoms with Crippen molar-refractivity contribution in [1.82, 2.24) is 30.2 Å². The van der Waals surface area contributed by atoms with Crippen molar-refractivity contribution in [3.05, 3.63) is 0 Å². The molecule has 0 aromatic carbocycles. The van der Waals surface area contributed by atoms with Crippen LogP contribution in [0.15, 0.2) is 0 Å². The Hall–Kier alpha value is -4.37. The second-order valence-electron chi connectivity index (χ2n) is 40.1. The highest BCUT2D eigenvalue weighted by molar-refractivity contribution is 5.86. The number of ether oxygens (including phenoxy) is 5. The summed E-state index contributed by atoms with van der Waals surface area (Å²) in [6.45, 7) is 127. The quantitative estimate of drug-likeness (QED) is 0.0851. The summed E-state index contributed by atoms with van der Waals surface area (Å²) < 4.78 is 25.5. The normalized spacial score (nSPS) is 14.3. The molecule has 816 valence electrons. The summed E-state index contributed by atoms with van der Waals surface area (Å²) in [6.07, 6.45) is 16.2. The van der Waals surface area contributed by atoms with Crippen molar-refractivity contribution >= 4 is 52.9 Å². The van der Waals surface area contributed by atoms with E-state index in [0.717, 1.165) is 110 Å². The van der Waals surface area contributed by atoms with E-state index in [1.54, 1.807) is 7.11 Å². The zero-order chi connectivity index (χ0) is 109. The topological polar surface area (TPSA) is 237 Å². The van der Waals surface area contributed by atoms with Crippen LogP contribution in [0, 0.1) is 60.6 Å². The van der Waals surface area contributed by atoms with Crippen molar-refractivity contribution in [3.8, 4) is 0 Å². The SMILES string of the molecule is C.CC.CC.CC.CC.CC.CC.CC.CC.CC.CC(C)(C)C(=O)OC1CCOC1.CCC.CCC.CCC.CCC(=O)C(C)(C)C.CCCCC(=O)C(C)(C)C.CCCCCNC(=O)C(C)(C)C.CCCCNC(=O)C(C)(C)C.CN1CCN(C(=O)C(C)(C)C)CC1.COCCOCCOCC(=O)C(C)(C)C.C[C@@H]1CCN(C(=O)C(C)(C)C)C1.C[C@H]1CCN(C(=O)C(C)(C)C)C1. The molecule has 1 unspecified atom stereocenters. The number of methoxy groups -OCH3 is 1. The molecular formula is C113H250N6O14. The van der Waals surface area contributed by atoms with E-state index >= 15 is 0 Å². The molecular weight excluding hydrogens is 1670 g/mol. The predicted octanol–water partition coefficient (Wildman–Crippen LogP) is 30.5. The van der Waals surface area contributed by atoms with Gasteiger partial charge in [-0.15, -0.1) is 0 Å². The third-order valence-corrected chi connectivity index (χ3v) is 16.8. The Morgan fingerprint density at radius 3 is 0.887 bits per heavy atom. The number of unbranched alkanes of at least 4 members (excludes halogenated alkanes) is 4. The Morgan fingerprint density at radius 2 is 0.647 bits per heavy atom. The molecule has 4 aliphatic heterocycles. The molecule has 20 heteroatoms. The van der Waals surface area contributed by atoms with E-state index in [0.29, 0.717) is 81.3 Å². The number of nitrogens with zero attached hydrogens (tertiary/aromatic N) is 4. The number of hydrogen-bond acceptors (Lipinski definition) is 15. The summed E-state index contributed by atoms with van der Waals surface area (Å²) in [4.78, 5) is 111. The maximum absolute atomic E-state index is 11.8. The van der Waals surface area contributed by atoms with Gasteiger partial charge in [0.15, 0.2) is 5.78 Å². The lowest BCUT2D eigenvalue weighted by Crippen LogP contribution is -2.50. The van der Waals surface area contributed by atoms with E-state index in [1.165, 1.54) is 44.9 Å². The highest BCUT2D eigenvalue weighted by atomic mass is 16.6. The van der Waals surface area contributed by atoms with Gasteiger partial charge in [-0.25, -0.2) is 0 Å². The number of amides is 5. The summed E-state index contributed by atoms with van der Waals surface area (Å²) in [5.41, 5.74) is -2.10. The Bertz CT molecular complexity index is 2400. The summed E-state index contributed by atoms with van der Waals surface area (Å²) in [7, 11) is 3.72. The van der Waals surface area contributed by atoms with E-state index in [4.69, 9.17) is 23.7 Å². The summed E-state index contributed by atoms with van der Waals surface area (Å²) in [5.74, 6) is 3.24. The van der Waals surface area contributed by atoms with Crippen molar-refractivity contribution in [1.29, 1.82) is 0 Å². The molecule has 4 fully saturated rings. The number of carbonyl (C=O) groups is 9. The Morgan fingerprint density at radius 1 is 0.346 bits per heavy atom. The second kappa shape index (κ2) is 110. The van der Waals surface area contributed by atoms with Gasteiger partial charge in [-0.05, 0) is 71.8 Å². The molecule has 0 radical (unpaired) electrons. The fraction of sp³-hybridized carbons (Fsp3) is 0.920. The maximum atomic E-state index is 11.8. The first-order chi connectivity index (χ1) is 60.9. The van der Waals surface area contributed by atoms with Crippen LogP contribution < -0.4 is 10.6 Å². The van der Waals surface area contributed by atoms with Crippen molar-refractivity contribution in [2.24, 2.45) is 60.6 Å². The fourth-order valence-corrected chi connectivity index (χ4v) is 9.08. The predicted molar refractivity (Wildman–Crippen MR) is 591 cm³/mol. The van der Waals surface area contributed by atoms with Crippen LogP contribution in [-0.4, -0.2) is 204 Å². The van der Waals surface area contributed by atoms with Crippen LogP contribution in [0.1, 0.15) is 498 Å². The number of rotatable bonds is 20. The van der Waals surface area contributed by atoms with Gasteiger partial charge in [-0.3, -0.25) is 43.2 Å². The highest BCUT2D eigenvalue weighted by Crippen LogP contribution is 2.26. The number of piperazine rings is 1. The molecule has 133 heavy (non-hydrogen) atoms. The van der Waals surface area contributed by atoms with Gasteiger partial charge in [0.25, 0.3) is 0 Å². The third kappa shape index (κ3) is 126. The first kappa shape index (κ1) is 171. The average molecular weight is 1920 g/mol. The lowest BCUT2D eigenvalue weighted by molar-refractivity contribution is -0.158. The number of hydrogen-bond donors (Lipinski definition) is 2. The van der Waals surface area contributed by atoms with Crippen LogP contribution in [-0.2, 0) is 66.8 Å². The lowest BCUT2D eigenvalue weighted by Gasteiger charge is -2.36. The molecule has 0 aromatic heterocycles. The van der Waals surface area contributed by atoms with Crippen LogP contribution >= 0.6 is 0 Å². The molecule has 0 aliphatic carbocycles. The molecule has 4 heterocycles. The molecule has 4 saturated heterocycles. The molecule has 20 nitrogen and oxygen atoms in total. The molecule has 0 aromatic rings. The minimum absolute atomic E-state index is 0. The van der Waals surface area contributed by atoms with E-state index in [-0.39, 0.29) is 92.9 Å². The number of likely N-dealkylation sites (N-methyl/N-ethyl adjacent to an activating group) is 1. The van der Waals surface area contributed by atoms with Crippen LogP contribution in [0.3, 0.4) is 0 Å². The molecule has 0 bridgehead atoms. The van der Waals surface area contributed by atoms with Crippen LogP contribution in [0.2, 0.25) is 0 Å². The Labute approximate surface area is 836 Å². The molecule has 2 N–H and O–H groups in total. The van der Waals surface area contributed by atoms with Crippen molar-refractivity contribution in [2.45, 2.75) is 504 Å². The molecule has 3 atom stereocenters. The van der Waals surface area contributed by atoms with Crippen LogP contribution in [0.5, 0.6) is 0 Å². The molecule has 0 saturated carbocycles. The lowest BCUT2D eigenvalue weighted by atomic mass is 9.88. The van der Waals surface area contributed by atoms with Gasteiger partial charge < -0.3 is 53.9 Å². The monoisotopic (exact) mass is 1920 g/mol. The largest absolute Gasteiger partial charge is 0.459 e. The number of esters is 1. The first-order valence-electron chi connectivity index (χ1n) is 53.0. The van der Waals surface area contributed by atoms with Gasteiger partial charge in [0.2, 0.25) is 29.5 Å². The minimum Gasteiger partial charge on any atom is -0.459 e. The van der Waals surface area contributed by atoms with Crippen LogP contribution in [0.25, 0.3) is 0 Å². The minimum atomic E-state index is -0.400. The summed E-state index contributed by atoms with van der Waals surface area (Å²) >= 11 is 0. The number of Topliss-reactive ketones (excluding diaryl/α,β-unsaturated/α-hetero) is 3. The zero-order valence-corrected chi connectivity index (χ0v) is 101. The maximum Gasteiger partial charge on any atom is 0.311 e. The van der Waals surface area contributed by atoms with Crippen molar-refractivity contribution < 1.29 is 66.8 Å². The number of likely N-dealkylation sites (tertiary alicyclic amines) is 2. The number of ketones is 3. The average Bonchev–Trinajstić information content (AvgIpc) is 1.81. The van der Waals surface area contributed by atoms with Gasteiger partial charge in [0.1, 0.15) is 24.3 Å². The van der Waals surface area contributed by atoms with Crippen LogP contribution in [0.4, 0.5) is 0 Å². The van der Waals surface area contributed by atoms with Gasteiger partial charge >= 0.3 is 5.97 Å². The summed E-state index contributed by atoms with van der Waals surface area (Å²) in [5, 5.41) is 5.80. The van der Waals surface area contributed by atoms with Crippen molar-refractivity contribution in [3.63, 3.8) is 0 Å². The Kier molecular flexibility index (Phi) is 141. The molecule has 4 rings (SSSR count). The van der Waals surface area contributed by atoms with Gasteiger partial charge in [-0.1, -0.05) is 426 Å². The van der Waals surface area contributed by atoms with Gasteiger partial charge in [0.05, 0.1) is 45.1 Å². The summed E-state index contributed by atoms with van der Waals surface area (Å²) in [6, 6.07) is 0. The number of carbonyl (C=O) groups excluding carboxylic acids is 9. The number of nitrogens with one attached hydrogen (secondary N) is 2. The van der Waals surface area contributed by atoms with Gasteiger partial charge in [-0.2, -0.15) is 0 Å². The molecule has 0 spiro atoms. The molecule has 4 aliphatic rings. The van der Waals surface area contributed by atoms with Gasteiger partial charge in [0, 0.05) is 135 Å². The van der Waals surface area contributed by atoms with E-state index in [9.17, 15) is 43.2 Å². The second-order valence-corrected chi connectivity index (χ2v) is 40.1. The smallest absolute Gasteiger partial charge is 0.311 e. The highest BCUT2D eigenvalue weighted by Gasteiger charge is 2.34. The zero-order valence-electron chi connectivity index (χ0n) is 101. The fourth-order valence-electron chi connectivity index (χ4n) is 9.08. The molecule has 5 amide bonds. The van der Waals surface area contributed by atoms with E-state index < -0.39 is 5.41 Å².